The van der Waals surface area contributed by atoms with Gasteiger partial charge in [-0.15, -0.1) is 0 Å². The molecule has 23 heavy (non-hydrogen) atoms. The molecule has 0 saturated carbocycles. The Balaban J connectivity index is 1.87. The maximum Gasteiger partial charge on any atom is 0.340 e. The number of rotatable bonds is 4. The van der Waals surface area contributed by atoms with Crippen LogP contribution in [0.2, 0.25) is 0 Å². The fourth-order valence-electron chi connectivity index (χ4n) is 3.03. The zero-order chi connectivity index (χ0) is 16.6. The van der Waals surface area contributed by atoms with Crippen molar-refractivity contribution in [2.45, 2.75) is 51.4 Å². The molecular formula is C17H20N2O4. The number of fused-ring (bicyclic) bond motifs is 1. The molecule has 3 rings (SSSR count). The van der Waals surface area contributed by atoms with E-state index >= 15 is 0 Å². The smallest absolute Gasteiger partial charge is 0.340 e. The summed E-state index contributed by atoms with van der Waals surface area (Å²) >= 11 is 0. The van der Waals surface area contributed by atoms with Crippen molar-refractivity contribution >= 4 is 17.8 Å². The van der Waals surface area contributed by atoms with Gasteiger partial charge in [0.2, 0.25) is 18.0 Å². The molecule has 1 N–H and O–H groups in total. The monoisotopic (exact) mass is 316 g/mol. The number of hydrogen-bond donors (Lipinski definition) is 1. The molecule has 3 atom stereocenters. The second-order valence-electron chi connectivity index (χ2n) is 6.02. The molecule has 1 aromatic carbocycles. The van der Waals surface area contributed by atoms with Crippen LogP contribution in [0.4, 0.5) is 0 Å². The number of ether oxygens (including phenoxy) is 1. The summed E-state index contributed by atoms with van der Waals surface area (Å²) in [6.07, 6.45) is 0.737. The molecule has 2 amide bonds. The zero-order valence-electron chi connectivity index (χ0n) is 13.2. The molecule has 0 unspecified atom stereocenters. The molecule has 2 aliphatic rings. The van der Waals surface area contributed by atoms with E-state index in [0.717, 1.165) is 6.42 Å². The highest BCUT2D eigenvalue weighted by Crippen LogP contribution is 2.38. The van der Waals surface area contributed by atoms with Crippen molar-refractivity contribution in [3.8, 4) is 0 Å². The van der Waals surface area contributed by atoms with Crippen molar-refractivity contribution in [3.63, 3.8) is 0 Å². The second kappa shape index (κ2) is 6.02. The van der Waals surface area contributed by atoms with Crippen LogP contribution < -0.4 is 5.32 Å². The van der Waals surface area contributed by atoms with Crippen LogP contribution in [0.1, 0.15) is 55.3 Å². The molecule has 1 fully saturated rings. The number of carbonyl (C=O) groups excluding carboxylic acids is 3. The van der Waals surface area contributed by atoms with Crippen molar-refractivity contribution in [1.82, 2.24) is 10.2 Å². The van der Waals surface area contributed by atoms with Crippen molar-refractivity contribution in [3.05, 3.63) is 35.4 Å². The molecule has 122 valence electrons. The third-order valence-electron chi connectivity index (χ3n) is 4.48. The first kappa shape index (κ1) is 15.5. The van der Waals surface area contributed by atoms with Crippen LogP contribution in [0.25, 0.3) is 0 Å². The molecule has 0 spiro atoms. The minimum atomic E-state index is -0.804. The number of hydrogen-bond acceptors (Lipinski definition) is 4. The summed E-state index contributed by atoms with van der Waals surface area (Å²) in [6.45, 7) is 3.90. The number of benzene rings is 1. The lowest BCUT2D eigenvalue weighted by molar-refractivity contribution is -0.146. The summed E-state index contributed by atoms with van der Waals surface area (Å²) in [5.41, 5.74) is 1.10. The van der Waals surface area contributed by atoms with Gasteiger partial charge in [0.1, 0.15) is 6.04 Å². The van der Waals surface area contributed by atoms with Crippen LogP contribution in [-0.2, 0) is 14.3 Å². The summed E-state index contributed by atoms with van der Waals surface area (Å²) in [4.78, 5) is 38.2. The number of amides is 2. The Morgan fingerprint density at radius 1 is 1.39 bits per heavy atom. The van der Waals surface area contributed by atoms with Crippen LogP contribution >= 0.6 is 0 Å². The molecule has 1 saturated heterocycles. The topological polar surface area (TPSA) is 75.7 Å². The van der Waals surface area contributed by atoms with Crippen LogP contribution in [0.3, 0.4) is 0 Å². The third kappa shape index (κ3) is 2.69. The number of nitrogens with one attached hydrogen (secondary N) is 1. The van der Waals surface area contributed by atoms with Gasteiger partial charge in [-0.25, -0.2) is 4.79 Å². The Morgan fingerprint density at radius 2 is 2.13 bits per heavy atom. The fraction of sp³-hybridized carbons (Fsp3) is 0.471. The SMILES string of the molecule is CC[C@H](C)NC(=O)[C@@H]1CCC(=O)N1[C@H]1OC(=O)c2ccccc21. The van der Waals surface area contributed by atoms with E-state index in [4.69, 9.17) is 4.74 Å². The predicted octanol–water partition coefficient (Wildman–Crippen LogP) is 1.76. The van der Waals surface area contributed by atoms with Gasteiger partial charge in [-0.2, -0.15) is 0 Å². The van der Waals surface area contributed by atoms with E-state index in [9.17, 15) is 14.4 Å². The van der Waals surface area contributed by atoms with E-state index in [0.29, 0.717) is 17.5 Å². The lowest BCUT2D eigenvalue weighted by Gasteiger charge is -2.29. The van der Waals surface area contributed by atoms with Crippen LogP contribution in [0, 0.1) is 0 Å². The van der Waals surface area contributed by atoms with Crippen molar-refractivity contribution < 1.29 is 19.1 Å². The lowest BCUT2D eigenvalue weighted by Crippen LogP contribution is -2.48. The fourth-order valence-corrected chi connectivity index (χ4v) is 3.03. The highest BCUT2D eigenvalue weighted by molar-refractivity contribution is 5.96. The summed E-state index contributed by atoms with van der Waals surface area (Å²) in [6, 6.07) is 6.43. The van der Waals surface area contributed by atoms with Gasteiger partial charge in [-0.1, -0.05) is 25.1 Å². The van der Waals surface area contributed by atoms with Gasteiger partial charge >= 0.3 is 5.97 Å². The van der Waals surface area contributed by atoms with Gasteiger partial charge in [0.25, 0.3) is 0 Å². The molecule has 1 aromatic rings. The van der Waals surface area contributed by atoms with E-state index in [1.165, 1.54) is 4.90 Å². The summed E-state index contributed by atoms with van der Waals surface area (Å²) in [5.74, 6) is -0.805. The van der Waals surface area contributed by atoms with Gasteiger partial charge in [-0.3, -0.25) is 14.5 Å². The third-order valence-corrected chi connectivity index (χ3v) is 4.48. The first-order chi connectivity index (χ1) is 11.0. The molecule has 2 aliphatic heterocycles. The van der Waals surface area contributed by atoms with E-state index in [1.807, 2.05) is 13.8 Å². The zero-order valence-corrected chi connectivity index (χ0v) is 13.2. The highest BCUT2D eigenvalue weighted by Gasteiger charge is 2.46. The molecule has 0 aromatic heterocycles. The average Bonchev–Trinajstić information content (AvgIpc) is 3.08. The van der Waals surface area contributed by atoms with E-state index < -0.39 is 18.2 Å². The van der Waals surface area contributed by atoms with Gasteiger partial charge in [0, 0.05) is 18.0 Å². The quantitative estimate of drug-likeness (QED) is 0.859. The van der Waals surface area contributed by atoms with Crippen molar-refractivity contribution in [2.24, 2.45) is 0 Å². The van der Waals surface area contributed by atoms with Gasteiger partial charge in [-0.05, 0) is 25.8 Å². The Kier molecular flexibility index (Phi) is 4.07. The largest absolute Gasteiger partial charge is 0.433 e. The number of carbonyl (C=O) groups is 3. The van der Waals surface area contributed by atoms with Gasteiger partial charge in [0.05, 0.1) is 5.56 Å². The van der Waals surface area contributed by atoms with Gasteiger partial charge in [0.15, 0.2) is 0 Å². The Labute approximate surface area is 134 Å². The molecule has 6 nitrogen and oxygen atoms in total. The Hall–Kier alpha value is -2.37. The maximum absolute atomic E-state index is 12.5. The molecule has 2 heterocycles. The predicted molar refractivity (Wildman–Crippen MR) is 82.4 cm³/mol. The lowest BCUT2D eigenvalue weighted by atomic mass is 10.1. The summed E-state index contributed by atoms with van der Waals surface area (Å²) < 4.78 is 5.38. The second-order valence-corrected chi connectivity index (χ2v) is 6.02. The van der Waals surface area contributed by atoms with Gasteiger partial charge < -0.3 is 10.1 Å². The highest BCUT2D eigenvalue weighted by atomic mass is 16.6. The van der Waals surface area contributed by atoms with E-state index in [-0.39, 0.29) is 24.3 Å². The Morgan fingerprint density at radius 3 is 2.87 bits per heavy atom. The first-order valence-corrected chi connectivity index (χ1v) is 7.94. The number of esters is 1. The maximum atomic E-state index is 12.5. The van der Waals surface area contributed by atoms with Crippen LogP contribution in [0.15, 0.2) is 24.3 Å². The molecule has 0 bridgehead atoms. The minimum absolute atomic E-state index is 0.0402. The molecular weight excluding hydrogens is 296 g/mol. The first-order valence-electron chi connectivity index (χ1n) is 7.94. The van der Waals surface area contributed by atoms with E-state index in [1.54, 1.807) is 24.3 Å². The molecule has 0 aliphatic carbocycles. The summed E-state index contributed by atoms with van der Waals surface area (Å²) in [7, 11) is 0. The standard InChI is InChI=1S/C17H20N2O4/c1-3-10(2)18-15(21)13-8-9-14(20)19(13)16-11-6-4-5-7-12(11)17(22)23-16/h4-7,10,13,16H,3,8-9H2,1-2H3,(H,18,21)/t10-,13-,16-/m0/s1. The number of nitrogens with zero attached hydrogens (tertiary/aromatic N) is 1. The average molecular weight is 316 g/mol. The van der Waals surface area contributed by atoms with Crippen LogP contribution in [0.5, 0.6) is 0 Å². The molecule has 0 radical (unpaired) electrons. The Bertz CT molecular complexity index is 658. The van der Waals surface area contributed by atoms with Crippen molar-refractivity contribution in [1.29, 1.82) is 0 Å². The van der Waals surface area contributed by atoms with Crippen LogP contribution in [-0.4, -0.2) is 34.8 Å². The normalized spacial score (nSPS) is 24.3. The van der Waals surface area contributed by atoms with Crippen molar-refractivity contribution in [2.75, 3.05) is 0 Å². The number of cyclic esters (lactones) is 1. The minimum Gasteiger partial charge on any atom is -0.433 e. The summed E-state index contributed by atoms with van der Waals surface area (Å²) in [5, 5.41) is 2.91. The van der Waals surface area contributed by atoms with E-state index in [2.05, 4.69) is 5.32 Å². The number of likely N-dealkylation sites (tertiary alicyclic amines) is 1. The molecule has 6 heteroatoms.